The van der Waals surface area contributed by atoms with E-state index in [1.165, 1.54) is 47.7 Å². The predicted molar refractivity (Wildman–Crippen MR) is 72.3 cm³/mol. The molecule has 1 heterocycles. The summed E-state index contributed by atoms with van der Waals surface area (Å²) in [5, 5.41) is 1.37. The van der Waals surface area contributed by atoms with Crippen LogP contribution in [0.5, 0.6) is 0 Å². The third-order valence-corrected chi connectivity index (χ3v) is 4.03. The van der Waals surface area contributed by atoms with E-state index in [1.54, 1.807) is 0 Å². The van der Waals surface area contributed by atoms with Gasteiger partial charge in [0.25, 0.3) is 0 Å². The van der Waals surface area contributed by atoms with E-state index in [2.05, 4.69) is 29.4 Å². The van der Waals surface area contributed by atoms with Crippen LogP contribution in [0.25, 0.3) is 10.9 Å². The van der Waals surface area contributed by atoms with Gasteiger partial charge in [-0.2, -0.15) is 0 Å². The predicted octanol–water partition coefficient (Wildman–Crippen LogP) is 3.33. The van der Waals surface area contributed by atoms with Gasteiger partial charge >= 0.3 is 0 Å². The van der Waals surface area contributed by atoms with E-state index < -0.39 is 0 Å². The van der Waals surface area contributed by atoms with Gasteiger partial charge in [-0.1, -0.05) is 18.9 Å². The molecule has 3 rings (SSSR count). The zero-order valence-electron chi connectivity index (χ0n) is 10.2. The van der Waals surface area contributed by atoms with Crippen molar-refractivity contribution in [1.29, 1.82) is 0 Å². The second kappa shape index (κ2) is 4.53. The van der Waals surface area contributed by atoms with Gasteiger partial charge in [-0.3, -0.25) is 0 Å². The van der Waals surface area contributed by atoms with Gasteiger partial charge in [0.2, 0.25) is 0 Å². The van der Waals surface area contributed by atoms with Crippen LogP contribution < -0.4 is 5.73 Å². The van der Waals surface area contributed by atoms with Crippen LogP contribution in [0.3, 0.4) is 0 Å². The number of aromatic nitrogens is 1. The Bertz CT molecular complexity index is 507. The van der Waals surface area contributed by atoms with Gasteiger partial charge in [0.05, 0.1) is 0 Å². The number of aromatic amines is 1. The fourth-order valence-electron chi connectivity index (χ4n) is 3.07. The first-order valence-electron chi connectivity index (χ1n) is 6.68. The maximum Gasteiger partial charge on any atom is 0.0456 e. The molecule has 0 atom stereocenters. The number of benzene rings is 1. The average Bonchev–Trinajstić information content (AvgIpc) is 2.98. The summed E-state index contributed by atoms with van der Waals surface area (Å²) in [6.07, 6.45) is 8.59. The summed E-state index contributed by atoms with van der Waals surface area (Å²) in [5.74, 6) is 0.792. The van der Waals surface area contributed by atoms with E-state index in [0.717, 1.165) is 18.9 Å². The monoisotopic (exact) mass is 228 g/mol. The van der Waals surface area contributed by atoms with E-state index in [1.807, 2.05) is 0 Å². The minimum Gasteiger partial charge on any atom is -0.361 e. The molecule has 2 aromatic rings. The minimum absolute atomic E-state index is 0.723. The second-order valence-electron chi connectivity index (χ2n) is 5.14. The lowest BCUT2D eigenvalue weighted by Gasteiger charge is -2.09. The first kappa shape index (κ1) is 10.8. The highest BCUT2D eigenvalue weighted by Gasteiger charge is 2.17. The first-order chi connectivity index (χ1) is 8.38. The van der Waals surface area contributed by atoms with Crippen LogP contribution in [0.4, 0.5) is 0 Å². The van der Waals surface area contributed by atoms with Gasteiger partial charge in [-0.05, 0) is 55.0 Å². The quantitative estimate of drug-likeness (QED) is 0.831. The Morgan fingerprint density at radius 2 is 2.06 bits per heavy atom. The highest BCUT2D eigenvalue weighted by molar-refractivity contribution is 5.84. The van der Waals surface area contributed by atoms with E-state index in [-0.39, 0.29) is 0 Å². The van der Waals surface area contributed by atoms with Crippen molar-refractivity contribution in [1.82, 2.24) is 4.98 Å². The summed E-state index contributed by atoms with van der Waals surface area (Å²) in [6, 6.07) is 6.90. The molecule has 0 saturated heterocycles. The van der Waals surface area contributed by atoms with Crippen molar-refractivity contribution in [3.8, 4) is 0 Å². The lowest BCUT2D eigenvalue weighted by molar-refractivity contribution is 0.724. The molecule has 0 bridgehead atoms. The summed E-state index contributed by atoms with van der Waals surface area (Å²) < 4.78 is 0. The molecule has 3 N–H and O–H groups in total. The maximum atomic E-state index is 5.66. The Morgan fingerprint density at radius 1 is 1.24 bits per heavy atom. The number of hydrogen-bond donors (Lipinski definition) is 2. The Hall–Kier alpha value is -1.28. The Morgan fingerprint density at radius 3 is 2.82 bits per heavy atom. The third-order valence-electron chi connectivity index (χ3n) is 4.03. The Balaban J connectivity index is 2.00. The molecule has 1 aromatic heterocycles. The van der Waals surface area contributed by atoms with Crippen molar-refractivity contribution in [3.63, 3.8) is 0 Å². The number of fused-ring (bicyclic) bond motifs is 1. The van der Waals surface area contributed by atoms with Crippen LogP contribution in [0.2, 0.25) is 0 Å². The number of nitrogens with one attached hydrogen (secondary N) is 1. The summed E-state index contributed by atoms with van der Waals surface area (Å²) >= 11 is 0. The van der Waals surface area contributed by atoms with Crippen molar-refractivity contribution in [2.45, 2.75) is 38.0 Å². The Labute approximate surface area is 102 Å². The van der Waals surface area contributed by atoms with Gasteiger partial charge in [0.1, 0.15) is 0 Å². The van der Waals surface area contributed by atoms with Gasteiger partial charge < -0.3 is 10.7 Å². The average molecular weight is 228 g/mol. The maximum absolute atomic E-state index is 5.66. The first-order valence-corrected chi connectivity index (χ1v) is 6.68. The lowest BCUT2D eigenvalue weighted by Crippen LogP contribution is -2.02. The number of H-pyrrole nitrogens is 1. The highest BCUT2D eigenvalue weighted by Crippen LogP contribution is 2.35. The van der Waals surface area contributed by atoms with Crippen LogP contribution in [0.1, 0.15) is 42.7 Å². The molecule has 90 valence electrons. The van der Waals surface area contributed by atoms with Crippen molar-refractivity contribution >= 4 is 10.9 Å². The molecule has 2 nitrogen and oxygen atoms in total. The number of nitrogens with two attached hydrogens (primary N) is 1. The molecular formula is C15H20N2. The van der Waals surface area contributed by atoms with Crippen LogP contribution in [-0.2, 0) is 6.42 Å². The molecule has 2 heteroatoms. The van der Waals surface area contributed by atoms with Gasteiger partial charge in [0.15, 0.2) is 0 Å². The SMILES string of the molecule is NCCc1c[nH]c2ccc(C3CCCC3)cc12. The fraction of sp³-hybridized carbons (Fsp3) is 0.467. The highest BCUT2D eigenvalue weighted by atomic mass is 14.7. The molecule has 0 amide bonds. The molecule has 0 unspecified atom stereocenters. The molecule has 17 heavy (non-hydrogen) atoms. The van der Waals surface area contributed by atoms with Gasteiger partial charge in [0, 0.05) is 17.1 Å². The molecule has 0 aliphatic heterocycles. The summed E-state index contributed by atoms with van der Waals surface area (Å²) in [5.41, 5.74) is 9.79. The topological polar surface area (TPSA) is 41.8 Å². The summed E-state index contributed by atoms with van der Waals surface area (Å²) in [7, 11) is 0. The van der Waals surface area contributed by atoms with Crippen LogP contribution in [0, 0.1) is 0 Å². The normalized spacial score (nSPS) is 17.0. The van der Waals surface area contributed by atoms with Gasteiger partial charge in [-0.25, -0.2) is 0 Å². The van der Waals surface area contributed by atoms with Crippen molar-refractivity contribution in [2.24, 2.45) is 5.73 Å². The fourth-order valence-corrected chi connectivity index (χ4v) is 3.07. The zero-order valence-corrected chi connectivity index (χ0v) is 10.2. The van der Waals surface area contributed by atoms with Gasteiger partial charge in [-0.15, -0.1) is 0 Å². The van der Waals surface area contributed by atoms with E-state index in [4.69, 9.17) is 5.73 Å². The second-order valence-corrected chi connectivity index (χ2v) is 5.14. The molecule has 1 aliphatic rings. The zero-order chi connectivity index (χ0) is 11.7. The molecular weight excluding hydrogens is 208 g/mol. The molecule has 1 saturated carbocycles. The van der Waals surface area contributed by atoms with Crippen molar-refractivity contribution < 1.29 is 0 Å². The van der Waals surface area contributed by atoms with Crippen molar-refractivity contribution in [3.05, 3.63) is 35.5 Å². The summed E-state index contributed by atoms with van der Waals surface area (Å²) in [6.45, 7) is 0.723. The van der Waals surface area contributed by atoms with Crippen LogP contribution >= 0.6 is 0 Å². The Kier molecular flexibility index (Phi) is 2.89. The van der Waals surface area contributed by atoms with E-state index in [9.17, 15) is 0 Å². The molecule has 1 aliphatic carbocycles. The molecule has 0 radical (unpaired) electrons. The third kappa shape index (κ3) is 1.98. The van der Waals surface area contributed by atoms with Crippen molar-refractivity contribution in [2.75, 3.05) is 6.54 Å². The molecule has 0 spiro atoms. The number of hydrogen-bond acceptors (Lipinski definition) is 1. The molecule has 1 aromatic carbocycles. The summed E-state index contributed by atoms with van der Waals surface area (Å²) in [4.78, 5) is 3.34. The lowest BCUT2D eigenvalue weighted by atomic mass is 9.95. The standard InChI is InChI=1S/C15H20N2/c16-8-7-13-10-17-15-6-5-12(9-14(13)15)11-3-1-2-4-11/h5-6,9-11,17H,1-4,7-8,16H2. The molecule has 1 fully saturated rings. The minimum atomic E-state index is 0.723. The largest absolute Gasteiger partial charge is 0.361 e. The van der Waals surface area contributed by atoms with Crippen LogP contribution in [0.15, 0.2) is 24.4 Å². The van der Waals surface area contributed by atoms with E-state index >= 15 is 0 Å². The number of rotatable bonds is 3. The van der Waals surface area contributed by atoms with E-state index in [0.29, 0.717) is 0 Å². The van der Waals surface area contributed by atoms with Crippen LogP contribution in [-0.4, -0.2) is 11.5 Å². The smallest absolute Gasteiger partial charge is 0.0456 e.